The van der Waals surface area contributed by atoms with Crippen molar-refractivity contribution >= 4 is 23.4 Å². The molecule has 0 fully saturated rings. The maximum atomic E-state index is 11.9. The fraction of sp³-hybridized carbons (Fsp3) is 0.176. The van der Waals surface area contributed by atoms with Crippen molar-refractivity contribution in [3.05, 3.63) is 70.2 Å². The van der Waals surface area contributed by atoms with E-state index in [1.807, 2.05) is 25.1 Å². The Morgan fingerprint density at radius 3 is 2.00 bits per heavy atom. The van der Waals surface area contributed by atoms with Crippen LogP contribution < -0.4 is 10.6 Å². The van der Waals surface area contributed by atoms with E-state index in [4.69, 9.17) is 11.6 Å². The van der Waals surface area contributed by atoms with Gasteiger partial charge >= 0.3 is 0 Å². The molecule has 4 nitrogen and oxygen atoms in total. The number of carbonyl (C=O) groups excluding carboxylic acids is 2. The molecular weight excluding hydrogens is 300 g/mol. The Kier molecular flexibility index (Phi) is 5.55. The van der Waals surface area contributed by atoms with Crippen molar-refractivity contribution in [3.8, 4) is 0 Å². The normalized spacial score (nSPS) is 10.1. The fourth-order valence-electron chi connectivity index (χ4n) is 1.97. The molecule has 0 spiro atoms. The Bertz CT molecular complexity index is 626. The average molecular weight is 317 g/mol. The molecule has 0 aliphatic rings. The summed E-state index contributed by atoms with van der Waals surface area (Å²) in [6.45, 7) is 2.64. The highest BCUT2D eigenvalue weighted by Gasteiger charge is 2.07. The predicted octanol–water partition coefficient (Wildman–Crippen LogP) is 2.81. The first-order valence-corrected chi connectivity index (χ1v) is 7.33. The van der Waals surface area contributed by atoms with Crippen molar-refractivity contribution in [3.63, 3.8) is 0 Å². The second-order valence-electron chi connectivity index (χ2n) is 4.89. The van der Waals surface area contributed by atoms with Crippen molar-refractivity contribution in [2.45, 2.75) is 6.92 Å². The molecule has 0 saturated carbocycles. The van der Waals surface area contributed by atoms with Gasteiger partial charge in [0.25, 0.3) is 11.8 Å². The molecule has 2 aromatic rings. The van der Waals surface area contributed by atoms with E-state index in [2.05, 4.69) is 10.6 Å². The van der Waals surface area contributed by atoms with Crippen LogP contribution in [0.2, 0.25) is 5.02 Å². The van der Waals surface area contributed by atoms with E-state index < -0.39 is 0 Å². The van der Waals surface area contributed by atoms with Crippen LogP contribution in [0.25, 0.3) is 0 Å². The first kappa shape index (κ1) is 16.0. The summed E-state index contributed by atoms with van der Waals surface area (Å²) in [6, 6.07) is 14.1. The van der Waals surface area contributed by atoms with Crippen molar-refractivity contribution in [1.82, 2.24) is 10.6 Å². The average Bonchev–Trinajstić information content (AvgIpc) is 2.51. The van der Waals surface area contributed by atoms with Crippen molar-refractivity contribution in [1.29, 1.82) is 0 Å². The second kappa shape index (κ2) is 7.61. The van der Waals surface area contributed by atoms with Gasteiger partial charge in [-0.1, -0.05) is 35.4 Å². The Morgan fingerprint density at radius 2 is 1.45 bits per heavy atom. The number of carbonyl (C=O) groups is 2. The monoisotopic (exact) mass is 316 g/mol. The quantitative estimate of drug-likeness (QED) is 0.833. The molecule has 0 unspecified atom stereocenters. The van der Waals surface area contributed by atoms with Crippen LogP contribution in [0.4, 0.5) is 0 Å². The lowest BCUT2D eigenvalue weighted by Gasteiger charge is -2.08. The first-order valence-electron chi connectivity index (χ1n) is 6.95. The van der Waals surface area contributed by atoms with Crippen LogP contribution in [-0.2, 0) is 0 Å². The summed E-state index contributed by atoms with van der Waals surface area (Å²) in [6.07, 6.45) is 0. The molecule has 0 bridgehead atoms. The molecule has 0 aromatic heterocycles. The van der Waals surface area contributed by atoms with Crippen molar-refractivity contribution in [2.75, 3.05) is 13.1 Å². The zero-order valence-corrected chi connectivity index (χ0v) is 13.0. The summed E-state index contributed by atoms with van der Waals surface area (Å²) < 4.78 is 0. The number of amides is 2. The Labute approximate surface area is 134 Å². The van der Waals surface area contributed by atoms with Gasteiger partial charge in [0.05, 0.1) is 0 Å². The lowest BCUT2D eigenvalue weighted by Crippen LogP contribution is -2.34. The third kappa shape index (κ3) is 4.60. The summed E-state index contributed by atoms with van der Waals surface area (Å²) >= 11 is 5.84. The van der Waals surface area contributed by atoms with Crippen molar-refractivity contribution in [2.24, 2.45) is 0 Å². The van der Waals surface area contributed by atoms with Crippen LogP contribution in [0.5, 0.6) is 0 Å². The summed E-state index contributed by atoms with van der Waals surface area (Å²) in [5.41, 5.74) is 2.14. The summed E-state index contributed by atoms with van der Waals surface area (Å²) in [7, 11) is 0. The highest BCUT2D eigenvalue weighted by atomic mass is 35.5. The summed E-state index contributed by atoms with van der Waals surface area (Å²) in [4.78, 5) is 23.8. The van der Waals surface area contributed by atoms with E-state index in [0.29, 0.717) is 29.2 Å². The minimum Gasteiger partial charge on any atom is -0.350 e. The number of rotatable bonds is 5. The molecule has 0 aliphatic heterocycles. The molecule has 0 heterocycles. The van der Waals surface area contributed by atoms with E-state index in [1.54, 1.807) is 30.3 Å². The topological polar surface area (TPSA) is 58.2 Å². The molecular formula is C17H17ClN2O2. The van der Waals surface area contributed by atoms with Crippen LogP contribution in [0.15, 0.2) is 48.5 Å². The number of hydrogen-bond acceptors (Lipinski definition) is 2. The molecule has 0 aliphatic carbocycles. The number of aryl methyl sites for hydroxylation is 1. The molecule has 0 radical (unpaired) electrons. The lowest BCUT2D eigenvalue weighted by molar-refractivity contribution is 0.0927. The van der Waals surface area contributed by atoms with E-state index in [1.165, 1.54) is 0 Å². The van der Waals surface area contributed by atoms with Gasteiger partial charge in [-0.2, -0.15) is 0 Å². The third-order valence-electron chi connectivity index (χ3n) is 3.06. The van der Waals surface area contributed by atoms with Crippen LogP contribution in [-0.4, -0.2) is 24.9 Å². The first-order chi connectivity index (χ1) is 10.6. The molecule has 2 aromatic carbocycles. The van der Waals surface area contributed by atoms with Gasteiger partial charge in [-0.25, -0.2) is 0 Å². The zero-order chi connectivity index (χ0) is 15.9. The van der Waals surface area contributed by atoms with Gasteiger partial charge in [0.15, 0.2) is 0 Å². The maximum Gasteiger partial charge on any atom is 0.251 e. The maximum absolute atomic E-state index is 11.9. The standard InChI is InChI=1S/C17H17ClN2O2/c1-12-4-2-5-13(10-12)16(21)19-8-9-20-17(22)14-6-3-7-15(18)11-14/h2-7,10-11H,8-9H2,1H3,(H,19,21)(H,20,22). The van der Waals surface area contributed by atoms with Gasteiger partial charge in [0.1, 0.15) is 0 Å². The van der Waals surface area contributed by atoms with Gasteiger partial charge in [-0.15, -0.1) is 0 Å². The van der Waals surface area contributed by atoms with Crippen LogP contribution in [0.1, 0.15) is 26.3 Å². The Morgan fingerprint density at radius 1 is 0.909 bits per heavy atom. The predicted molar refractivity (Wildman–Crippen MR) is 87.3 cm³/mol. The number of halogens is 1. The summed E-state index contributed by atoms with van der Waals surface area (Å²) in [5, 5.41) is 6.01. The number of nitrogens with one attached hydrogen (secondary N) is 2. The van der Waals surface area contributed by atoms with Gasteiger partial charge in [0.2, 0.25) is 0 Å². The molecule has 2 N–H and O–H groups in total. The van der Waals surface area contributed by atoms with Crippen LogP contribution in [0, 0.1) is 6.92 Å². The van der Waals surface area contributed by atoms with E-state index in [9.17, 15) is 9.59 Å². The Balaban J connectivity index is 1.77. The largest absolute Gasteiger partial charge is 0.350 e. The molecule has 0 atom stereocenters. The van der Waals surface area contributed by atoms with E-state index in [-0.39, 0.29) is 11.8 Å². The zero-order valence-electron chi connectivity index (χ0n) is 12.2. The van der Waals surface area contributed by atoms with Crippen LogP contribution in [0.3, 0.4) is 0 Å². The van der Waals surface area contributed by atoms with Gasteiger partial charge in [0, 0.05) is 29.2 Å². The van der Waals surface area contributed by atoms with Gasteiger partial charge < -0.3 is 10.6 Å². The second-order valence-corrected chi connectivity index (χ2v) is 5.33. The molecule has 22 heavy (non-hydrogen) atoms. The van der Waals surface area contributed by atoms with Crippen molar-refractivity contribution < 1.29 is 9.59 Å². The number of benzene rings is 2. The van der Waals surface area contributed by atoms with Gasteiger partial charge in [-0.05, 0) is 37.3 Å². The molecule has 2 amide bonds. The van der Waals surface area contributed by atoms with E-state index in [0.717, 1.165) is 5.56 Å². The minimum atomic E-state index is -0.215. The molecule has 2 rings (SSSR count). The summed E-state index contributed by atoms with van der Waals surface area (Å²) in [5.74, 6) is -0.368. The van der Waals surface area contributed by atoms with Gasteiger partial charge in [-0.3, -0.25) is 9.59 Å². The smallest absolute Gasteiger partial charge is 0.251 e. The Hall–Kier alpha value is -2.33. The van der Waals surface area contributed by atoms with E-state index >= 15 is 0 Å². The molecule has 5 heteroatoms. The highest BCUT2D eigenvalue weighted by Crippen LogP contribution is 2.10. The minimum absolute atomic E-state index is 0.152. The molecule has 0 saturated heterocycles. The fourth-order valence-corrected chi connectivity index (χ4v) is 2.16. The van der Waals surface area contributed by atoms with Crippen LogP contribution >= 0.6 is 11.6 Å². The SMILES string of the molecule is Cc1cccc(C(=O)NCCNC(=O)c2cccc(Cl)c2)c1. The lowest BCUT2D eigenvalue weighted by atomic mass is 10.1. The highest BCUT2D eigenvalue weighted by molar-refractivity contribution is 6.30. The number of hydrogen-bond donors (Lipinski definition) is 2. The third-order valence-corrected chi connectivity index (χ3v) is 3.30. The molecule has 114 valence electrons.